The van der Waals surface area contributed by atoms with E-state index in [9.17, 15) is 9.36 Å². The Morgan fingerprint density at radius 3 is 2.60 bits per heavy atom. The average Bonchev–Trinajstić information content (AvgIpc) is 3.26. The Balaban J connectivity index is 1.28. The third-order valence-corrected chi connectivity index (χ3v) is 12.3. The monoisotopic (exact) mass is 570 g/mol. The lowest BCUT2D eigenvalue weighted by Crippen LogP contribution is -2.50. The zero-order valence-corrected chi connectivity index (χ0v) is 25.9. The Morgan fingerprint density at radius 1 is 1.12 bits per heavy atom. The summed E-state index contributed by atoms with van der Waals surface area (Å²) in [7, 11) is -1.91. The normalized spacial score (nSPS) is 35.5. The zero-order valence-electron chi connectivity index (χ0n) is 25.0. The van der Waals surface area contributed by atoms with Crippen LogP contribution in [0.1, 0.15) is 85.1 Å². The molecule has 8 atom stereocenters. The molecule has 5 rings (SSSR count). The van der Waals surface area contributed by atoms with Crippen LogP contribution >= 0.6 is 7.52 Å². The molecule has 1 N–H and O–H groups in total. The van der Waals surface area contributed by atoms with E-state index in [0.29, 0.717) is 17.8 Å². The van der Waals surface area contributed by atoms with Crippen molar-refractivity contribution in [2.24, 2.45) is 28.6 Å². The molecule has 2 saturated carbocycles. The minimum absolute atomic E-state index is 0.0870. The molecule has 0 bridgehead atoms. The third kappa shape index (κ3) is 5.52. The molecule has 220 valence electrons. The Labute approximate surface area is 240 Å². The second kappa shape index (κ2) is 11.5. The molecule has 40 heavy (non-hydrogen) atoms. The number of hydrogen-bond acceptors (Lipinski definition) is 6. The van der Waals surface area contributed by atoms with Crippen molar-refractivity contribution in [3.8, 4) is 0 Å². The molecule has 4 aliphatic carbocycles. The summed E-state index contributed by atoms with van der Waals surface area (Å²) in [4.78, 5) is 16.8. The van der Waals surface area contributed by atoms with Crippen molar-refractivity contribution in [2.75, 3.05) is 13.5 Å². The summed E-state index contributed by atoms with van der Waals surface area (Å²) in [5, 5.41) is 2.92. The van der Waals surface area contributed by atoms with E-state index in [-0.39, 0.29) is 29.4 Å². The maximum atomic E-state index is 13.8. The predicted octanol–water partition coefficient (Wildman–Crippen LogP) is 7.15. The highest BCUT2D eigenvalue weighted by Gasteiger charge is 2.57. The lowest BCUT2D eigenvalue weighted by Gasteiger charge is -2.58. The summed E-state index contributed by atoms with van der Waals surface area (Å²) < 4.78 is 30.6. The first-order valence-electron chi connectivity index (χ1n) is 15.0. The number of fused-ring (bicyclic) bond motifs is 5. The quantitative estimate of drug-likeness (QED) is 0.192. The van der Waals surface area contributed by atoms with Crippen LogP contribution in [0.3, 0.4) is 0 Å². The Bertz CT molecular complexity index is 1200. The van der Waals surface area contributed by atoms with E-state index >= 15 is 0 Å². The highest BCUT2D eigenvalue weighted by Crippen LogP contribution is 2.66. The summed E-state index contributed by atoms with van der Waals surface area (Å²) in [5.41, 5.74) is 4.59. The number of hydrogen-bond donors (Lipinski definition) is 1. The largest absolute Gasteiger partial charge is 0.462 e. The fraction of sp³-hybridized carbons (Fsp3) is 0.688. The molecule has 0 aliphatic heterocycles. The number of carbonyl (C=O) groups is 1. The number of ether oxygens (including phenoxy) is 2. The molecule has 0 amide bonds. The minimum Gasteiger partial charge on any atom is -0.462 e. The van der Waals surface area contributed by atoms with Gasteiger partial charge >= 0.3 is 5.97 Å². The van der Waals surface area contributed by atoms with E-state index < -0.39 is 19.5 Å². The van der Waals surface area contributed by atoms with Crippen molar-refractivity contribution in [2.45, 2.75) is 97.8 Å². The molecule has 2 fully saturated rings. The molecule has 0 saturated heterocycles. The number of pyridine rings is 1. The topological polar surface area (TPSA) is 86.8 Å². The first-order valence-corrected chi connectivity index (χ1v) is 16.9. The van der Waals surface area contributed by atoms with Crippen molar-refractivity contribution >= 4 is 19.1 Å². The van der Waals surface area contributed by atoms with Crippen molar-refractivity contribution in [3.05, 3.63) is 47.8 Å². The van der Waals surface area contributed by atoms with Gasteiger partial charge in [-0.05, 0) is 112 Å². The molecule has 7 nitrogen and oxygen atoms in total. The molecule has 1 aromatic rings. The summed E-state index contributed by atoms with van der Waals surface area (Å²) >= 11 is 0. The number of esters is 1. The van der Waals surface area contributed by atoms with Gasteiger partial charge in [0, 0.05) is 19.5 Å². The molecule has 0 spiro atoms. The molecule has 0 aromatic carbocycles. The zero-order chi connectivity index (χ0) is 28.7. The molecule has 2 unspecified atom stereocenters. The highest BCUT2D eigenvalue weighted by molar-refractivity contribution is 7.56. The highest BCUT2D eigenvalue weighted by atomic mass is 31.2. The second-order valence-corrected chi connectivity index (χ2v) is 15.3. The van der Waals surface area contributed by atoms with E-state index in [1.54, 1.807) is 20.8 Å². The van der Waals surface area contributed by atoms with Gasteiger partial charge in [-0.15, -0.1) is 0 Å². The van der Waals surface area contributed by atoms with Gasteiger partial charge < -0.3 is 14.0 Å². The number of rotatable bonds is 9. The van der Waals surface area contributed by atoms with Gasteiger partial charge in [-0.25, -0.2) is 5.09 Å². The summed E-state index contributed by atoms with van der Waals surface area (Å²) in [6.45, 7) is 10.2. The number of carbonyl (C=O) groups excluding carboxylic acids is 1. The van der Waals surface area contributed by atoms with Crippen molar-refractivity contribution in [3.63, 3.8) is 0 Å². The van der Waals surface area contributed by atoms with Crippen LogP contribution in [0.15, 0.2) is 42.3 Å². The standard InChI is InChI=1S/C32H47N2O5P/c1-21(2)38-30(35)22(3)34-40(36,20-37-6)39-25-13-15-31(4)24(18-25)9-10-26-28-12-11-27(23-8-7-17-33-19-23)32(28,5)16-14-29(26)31/h7-9,11,17,19,21-22,25-26,28-29H,10,12-16,18,20H2,1-6H3,(H,34,36)/t22?,25-,26-,28-,29-,31-,32+,40?/m0/s1. The fourth-order valence-corrected chi connectivity index (χ4v) is 10.3. The van der Waals surface area contributed by atoms with E-state index in [1.165, 1.54) is 36.7 Å². The first kappa shape index (κ1) is 29.7. The van der Waals surface area contributed by atoms with Gasteiger partial charge in [-0.3, -0.25) is 14.3 Å². The molecule has 0 radical (unpaired) electrons. The molecule has 4 aliphatic rings. The average molecular weight is 571 g/mol. The first-order chi connectivity index (χ1) is 19.0. The Morgan fingerprint density at radius 2 is 1.90 bits per heavy atom. The van der Waals surface area contributed by atoms with Gasteiger partial charge in [0.15, 0.2) is 0 Å². The lowest BCUT2D eigenvalue weighted by atomic mass is 9.47. The second-order valence-electron chi connectivity index (χ2n) is 13.2. The third-order valence-electron chi connectivity index (χ3n) is 10.3. The van der Waals surface area contributed by atoms with Gasteiger partial charge in [0.1, 0.15) is 12.4 Å². The van der Waals surface area contributed by atoms with E-state index in [4.69, 9.17) is 14.0 Å². The maximum absolute atomic E-state index is 13.8. The smallest absolute Gasteiger partial charge is 0.323 e. The number of methoxy groups -OCH3 is 1. The van der Waals surface area contributed by atoms with Gasteiger partial charge in [-0.2, -0.15) is 0 Å². The number of nitrogens with one attached hydrogen (secondary N) is 1. The van der Waals surface area contributed by atoms with Crippen LogP contribution in [0.2, 0.25) is 0 Å². The minimum atomic E-state index is -3.41. The van der Waals surface area contributed by atoms with Crippen LogP contribution < -0.4 is 5.09 Å². The van der Waals surface area contributed by atoms with Gasteiger partial charge in [0.2, 0.25) is 0 Å². The van der Waals surface area contributed by atoms with Crippen LogP contribution in [0, 0.1) is 28.6 Å². The predicted molar refractivity (Wildman–Crippen MR) is 157 cm³/mol. The van der Waals surface area contributed by atoms with E-state index in [1.807, 2.05) is 12.4 Å². The van der Waals surface area contributed by atoms with Crippen molar-refractivity contribution in [1.29, 1.82) is 0 Å². The Kier molecular flexibility index (Phi) is 8.52. The molecule has 1 aromatic heterocycles. The lowest BCUT2D eigenvalue weighted by molar-refractivity contribution is -0.149. The molecule has 8 heteroatoms. The summed E-state index contributed by atoms with van der Waals surface area (Å²) in [6, 6.07) is 3.51. The van der Waals surface area contributed by atoms with Crippen LogP contribution in [-0.2, 0) is 23.4 Å². The summed E-state index contributed by atoms with van der Waals surface area (Å²) in [5.74, 6) is 1.54. The van der Waals surface area contributed by atoms with E-state index in [2.05, 4.69) is 48.2 Å². The molecular formula is C32H47N2O5P. The number of aromatic nitrogens is 1. The number of allylic oxidation sites excluding steroid dienone is 3. The summed E-state index contributed by atoms with van der Waals surface area (Å²) in [6.07, 6.45) is 15.7. The van der Waals surface area contributed by atoms with Gasteiger partial charge in [-0.1, -0.05) is 37.6 Å². The Hall–Kier alpha value is -1.79. The van der Waals surface area contributed by atoms with Gasteiger partial charge in [0.05, 0.1) is 12.2 Å². The van der Waals surface area contributed by atoms with Crippen molar-refractivity contribution in [1.82, 2.24) is 10.1 Å². The van der Waals surface area contributed by atoms with Crippen molar-refractivity contribution < 1.29 is 23.4 Å². The van der Waals surface area contributed by atoms with Crippen LogP contribution in [-0.4, -0.2) is 42.7 Å². The maximum Gasteiger partial charge on any atom is 0.323 e. The van der Waals surface area contributed by atoms with E-state index in [0.717, 1.165) is 32.1 Å². The van der Waals surface area contributed by atoms with Crippen LogP contribution in [0.5, 0.6) is 0 Å². The van der Waals surface area contributed by atoms with Gasteiger partial charge in [0.25, 0.3) is 7.52 Å². The van der Waals surface area contributed by atoms with Crippen LogP contribution in [0.4, 0.5) is 0 Å². The molecular weight excluding hydrogens is 523 g/mol. The molecule has 1 heterocycles. The SMILES string of the molecule is COCP(=O)(NC(C)C(=O)OC(C)C)O[C@H]1CC[C@@]2(C)C(=CC[C@@H]3[C@@H]2CC[C@]2(C)C(c4cccnc4)=CC[C@@H]32)C1. The number of nitrogens with zero attached hydrogens (tertiary/aromatic N) is 1. The fourth-order valence-electron chi connectivity index (χ4n) is 8.45. The van der Waals surface area contributed by atoms with Crippen LogP contribution in [0.25, 0.3) is 5.57 Å².